The van der Waals surface area contributed by atoms with Gasteiger partial charge in [0.2, 0.25) is 0 Å². The van der Waals surface area contributed by atoms with Gasteiger partial charge in [0.15, 0.2) is 11.6 Å². The second-order valence-electron chi connectivity index (χ2n) is 6.50. The molecule has 0 saturated heterocycles. The highest BCUT2D eigenvalue weighted by Gasteiger charge is 2.23. The lowest BCUT2D eigenvalue weighted by Gasteiger charge is -2.16. The molecule has 0 fully saturated rings. The second kappa shape index (κ2) is 7.92. The van der Waals surface area contributed by atoms with Crippen molar-refractivity contribution in [2.24, 2.45) is 5.92 Å². The molecule has 5 nitrogen and oxygen atoms in total. The number of hydrogen-bond acceptors (Lipinski definition) is 5. The summed E-state index contributed by atoms with van der Waals surface area (Å²) in [7, 11) is 0. The van der Waals surface area contributed by atoms with Crippen molar-refractivity contribution >= 4 is 23.1 Å². The van der Waals surface area contributed by atoms with Gasteiger partial charge < -0.3 is 9.15 Å². The maximum Gasteiger partial charge on any atom is 0.308 e. The summed E-state index contributed by atoms with van der Waals surface area (Å²) in [4.78, 5) is 35.4. The molecule has 1 aromatic rings. The van der Waals surface area contributed by atoms with E-state index >= 15 is 0 Å². The molecule has 0 unspecified atom stereocenters. The van der Waals surface area contributed by atoms with Crippen LogP contribution in [0.25, 0.3) is 5.57 Å². The van der Waals surface area contributed by atoms with E-state index in [1.54, 1.807) is 19.9 Å². The minimum atomic E-state index is -0.507. The smallest absolute Gasteiger partial charge is 0.308 e. The van der Waals surface area contributed by atoms with E-state index in [1.807, 2.05) is 19.9 Å². The van der Waals surface area contributed by atoms with Crippen molar-refractivity contribution < 1.29 is 23.5 Å². The predicted molar refractivity (Wildman–Crippen MR) is 93.6 cm³/mol. The molecule has 0 spiro atoms. The highest BCUT2D eigenvalue weighted by molar-refractivity contribution is 6.33. The van der Waals surface area contributed by atoms with Crippen LogP contribution in [0.2, 0.25) is 0 Å². The summed E-state index contributed by atoms with van der Waals surface area (Å²) in [6.45, 7) is 7.46. The summed E-state index contributed by atoms with van der Waals surface area (Å²) in [6, 6.07) is 1.65. The van der Waals surface area contributed by atoms with E-state index in [2.05, 4.69) is 0 Å². The molecule has 0 amide bonds. The van der Waals surface area contributed by atoms with Gasteiger partial charge in [-0.15, -0.1) is 0 Å². The molecule has 1 aliphatic rings. The third-order valence-electron chi connectivity index (χ3n) is 3.68. The summed E-state index contributed by atoms with van der Waals surface area (Å²) in [5.74, 6) is -0.812. The Labute approximate surface area is 147 Å². The second-order valence-corrected chi connectivity index (χ2v) is 6.50. The van der Waals surface area contributed by atoms with Gasteiger partial charge in [0.05, 0.1) is 17.8 Å². The van der Waals surface area contributed by atoms with E-state index < -0.39 is 6.10 Å². The average Bonchev–Trinajstić information content (AvgIpc) is 3.02. The van der Waals surface area contributed by atoms with E-state index in [0.717, 1.165) is 5.57 Å². The number of esters is 1. The highest BCUT2D eigenvalue weighted by atomic mass is 16.5. The number of ether oxygens (including phenoxy) is 1. The van der Waals surface area contributed by atoms with Gasteiger partial charge in [0, 0.05) is 18.1 Å². The van der Waals surface area contributed by atoms with Gasteiger partial charge in [0.1, 0.15) is 11.9 Å². The Morgan fingerprint density at radius 3 is 2.60 bits per heavy atom. The molecular formula is C20H22O5. The van der Waals surface area contributed by atoms with Gasteiger partial charge in [-0.3, -0.25) is 14.4 Å². The Morgan fingerprint density at radius 2 is 1.96 bits per heavy atom. The van der Waals surface area contributed by atoms with Crippen LogP contribution in [-0.4, -0.2) is 17.5 Å². The lowest BCUT2D eigenvalue weighted by atomic mass is 10.00. The zero-order chi connectivity index (χ0) is 18.6. The number of carbonyl (C=O) groups excluding carboxylic acids is 3. The Kier molecular flexibility index (Phi) is 5.91. The van der Waals surface area contributed by atoms with Crippen molar-refractivity contribution in [1.29, 1.82) is 0 Å². The average molecular weight is 342 g/mol. The van der Waals surface area contributed by atoms with Crippen molar-refractivity contribution in [2.75, 3.05) is 0 Å². The van der Waals surface area contributed by atoms with Crippen molar-refractivity contribution in [3.8, 4) is 0 Å². The fourth-order valence-electron chi connectivity index (χ4n) is 2.23. The number of furan rings is 1. The number of hydrogen-bond donors (Lipinski definition) is 0. The third kappa shape index (κ3) is 4.89. The Morgan fingerprint density at radius 1 is 1.24 bits per heavy atom. The van der Waals surface area contributed by atoms with Crippen LogP contribution in [0, 0.1) is 5.92 Å². The van der Waals surface area contributed by atoms with Gasteiger partial charge in [-0.05, 0) is 32.1 Å². The van der Waals surface area contributed by atoms with Gasteiger partial charge in [-0.25, -0.2) is 0 Å². The molecule has 0 saturated carbocycles. The Bertz CT molecular complexity index is 770. The largest absolute Gasteiger partial charge is 0.464 e. The molecule has 1 heterocycles. The minimum Gasteiger partial charge on any atom is -0.464 e. The van der Waals surface area contributed by atoms with Gasteiger partial charge >= 0.3 is 5.97 Å². The number of ketones is 2. The SMILES string of the molecule is CC(C)=CC[C@@H](OC(=O)C(C)C)c1coc(C2=CC(=O)C=CC2=O)c1. The van der Waals surface area contributed by atoms with Crippen molar-refractivity contribution in [1.82, 2.24) is 0 Å². The number of carbonyl (C=O) groups is 3. The zero-order valence-electron chi connectivity index (χ0n) is 14.9. The van der Waals surface area contributed by atoms with Gasteiger partial charge in [-0.2, -0.15) is 0 Å². The van der Waals surface area contributed by atoms with E-state index in [-0.39, 0.29) is 29.0 Å². The molecule has 0 aromatic carbocycles. The van der Waals surface area contributed by atoms with Crippen LogP contribution < -0.4 is 0 Å². The Hall–Kier alpha value is -2.69. The number of rotatable bonds is 6. The summed E-state index contributed by atoms with van der Waals surface area (Å²) >= 11 is 0. The normalized spacial score (nSPS) is 15.2. The lowest BCUT2D eigenvalue weighted by Crippen LogP contribution is -2.15. The quantitative estimate of drug-likeness (QED) is 0.444. The van der Waals surface area contributed by atoms with E-state index in [9.17, 15) is 14.4 Å². The summed E-state index contributed by atoms with van der Waals surface area (Å²) in [5.41, 5.74) is 1.96. The zero-order valence-corrected chi connectivity index (χ0v) is 14.9. The fraction of sp³-hybridized carbons (Fsp3) is 0.350. The Balaban J connectivity index is 2.28. The maximum absolute atomic E-state index is 12.0. The molecule has 1 aliphatic carbocycles. The van der Waals surface area contributed by atoms with E-state index in [1.165, 1.54) is 24.5 Å². The minimum absolute atomic E-state index is 0.204. The summed E-state index contributed by atoms with van der Waals surface area (Å²) in [6.07, 6.45) is 7.12. The molecule has 25 heavy (non-hydrogen) atoms. The van der Waals surface area contributed by atoms with E-state index in [0.29, 0.717) is 17.7 Å². The molecule has 0 radical (unpaired) electrons. The van der Waals surface area contributed by atoms with Crippen LogP contribution in [0.3, 0.4) is 0 Å². The molecular weight excluding hydrogens is 320 g/mol. The standard InChI is InChI=1S/C20H22O5/c1-12(2)5-8-18(25-20(23)13(3)4)14-9-19(24-11-14)16-10-15(21)6-7-17(16)22/h5-7,9-11,13,18H,8H2,1-4H3/t18-/m1/s1. The van der Waals surface area contributed by atoms with Crippen LogP contribution in [0.5, 0.6) is 0 Å². The lowest BCUT2D eigenvalue weighted by molar-refractivity contribution is -0.153. The maximum atomic E-state index is 12.0. The molecule has 0 N–H and O–H groups in total. The first-order valence-corrected chi connectivity index (χ1v) is 8.18. The first-order valence-electron chi connectivity index (χ1n) is 8.18. The number of allylic oxidation sites excluding steroid dienone is 5. The van der Waals surface area contributed by atoms with Gasteiger partial charge in [0.25, 0.3) is 0 Å². The summed E-state index contributed by atoms with van der Waals surface area (Å²) in [5, 5.41) is 0. The van der Waals surface area contributed by atoms with Crippen molar-refractivity contribution in [2.45, 2.75) is 40.2 Å². The van der Waals surface area contributed by atoms with Gasteiger partial charge in [-0.1, -0.05) is 25.5 Å². The molecule has 0 bridgehead atoms. The molecule has 1 atom stereocenters. The van der Waals surface area contributed by atoms with Crippen molar-refractivity contribution in [3.63, 3.8) is 0 Å². The third-order valence-corrected chi connectivity index (χ3v) is 3.68. The van der Waals surface area contributed by atoms with Crippen molar-refractivity contribution in [3.05, 3.63) is 53.5 Å². The van der Waals surface area contributed by atoms with E-state index in [4.69, 9.17) is 9.15 Å². The first-order chi connectivity index (χ1) is 11.8. The molecule has 1 aromatic heterocycles. The van der Waals surface area contributed by atoms with Crippen LogP contribution in [0.4, 0.5) is 0 Å². The molecule has 0 aliphatic heterocycles. The molecule has 132 valence electrons. The van der Waals surface area contributed by atoms with Crippen LogP contribution in [0.1, 0.15) is 51.5 Å². The highest BCUT2D eigenvalue weighted by Crippen LogP contribution is 2.29. The fourth-order valence-corrected chi connectivity index (χ4v) is 2.23. The van der Waals surface area contributed by atoms with Crippen LogP contribution in [-0.2, 0) is 19.1 Å². The monoisotopic (exact) mass is 342 g/mol. The predicted octanol–water partition coefficient (Wildman–Crippen LogP) is 3.97. The van der Waals surface area contributed by atoms with Crippen LogP contribution >= 0.6 is 0 Å². The van der Waals surface area contributed by atoms with Crippen LogP contribution in [0.15, 0.2) is 46.6 Å². The summed E-state index contributed by atoms with van der Waals surface area (Å²) < 4.78 is 11.0. The molecule has 5 heteroatoms. The molecule has 2 rings (SSSR count). The topological polar surface area (TPSA) is 73.6 Å². The first kappa shape index (κ1) is 18.6.